The normalized spacial score (nSPS) is 27.2. The van der Waals surface area contributed by atoms with E-state index in [-0.39, 0.29) is 35.4 Å². The number of nitrogens with one attached hydrogen (secondary N) is 1. The first kappa shape index (κ1) is 25.7. The Morgan fingerprint density at radius 2 is 1.92 bits per heavy atom. The van der Waals surface area contributed by atoms with E-state index >= 15 is 0 Å². The number of rotatable bonds is 8. The minimum Gasteiger partial charge on any atom is -0.491 e. The maximum absolute atomic E-state index is 13.6. The predicted molar refractivity (Wildman–Crippen MR) is 141 cm³/mol. The van der Waals surface area contributed by atoms with Crippen molar-refractivity contribution in [3.8, 4) is 5.75 Å². The molecule has 2 saturated carbocycles. The summed E-state index contributed by atoms with van der Waals surface area (Å²) in [5.74, 6) is 0.0572. The Balaban J connectivity index is 1.02. The smallest absolute Gasteiger partial charge is 0.307 e. The monoisotopic (exact) mass is 535 g/mol. The summed E-state index contributed by atoms with van der Waals surface area (Å²) < 4.78 is 21.1. The zero-order valence-electron chi connectivity index (χ0n) is 22.2. The molecule has 1 saturated heterocycles. The number of carbonyl (C=O) groups is 2. The van der Waals surface area contributed by atoms with Gasteiger partial charge in [-0.25, -0.2) is 13.9 Å². The van der Waals surface area contributed by atoms with Crippen molar-refractivity contribution in [1.29, 1.82) is 0 Å². The molecule has 9 nitrogen and oxygen atoms in total. The number of carboxylic acids is 1. The van der Waals surface area contributed by atoms with Gasteiger partial charge in [-0.15, -0.1) is 5.10 Å². The van der Waals surface area contributed by atoms with E-state index in [0.29, 0.717) is 35.9 Å². The molecule has 2 unspecified atom stereocenters. The van der Waals surface area contributed by atoms with Gasteiger partial charge in [0.1, 0.15) is 11.6 Å². The van der Waals surface area contributed by atoms with Crippen molar-refractivity contribution in [2.24, 2.45) is 17.8 Å². The number of nitrogens with zero attached hydrogens (tertiary/aromatic N) is 4. The minimum absolute atomic E-state index is 0.00157. The Morgan fingerprint density at radius 3 is 2.62 bits per heavy atom. The van der Waals surface area contributed by atoms with Gasteiger partial charge in [-0.2, -0.15) is 0 Å². The van der Waals surface area contributed by atoms with Crippen LogP contribution in [-0.2, 0) is 4.79 Å². The lowest BCUT2D eigenvalue weighted by molar-refractivity contribution is -0.139. The average Bonchev–Trinajstić information content (AvgIpc) is 3.22. The number of pyridine rings is 1. The summed E-state index contributed by atoms with van der Waals surface area (Å²) in [7, 11) is 0. The summed E-state index contributed by atoms with van der Waals surface area (Å²) in [5, 5.41) is 16.8. The van der Waals surface area contributed by atoms with E-state index < -0.39 is 5.97 Å². The van der Waals surface area contributed by atoms with Gasteiger partial charge in [0.05, 0.1) is 18.7 Å². The lowest BCUT2D eigenvalue weighted by Gasteiger charge is -2.35. The molecule has 206 valence electrons. The van der Waals surface area contributed by atoms with Gasteiger partial charge < -0.3 is 15.2 Å². The third-order valence-electron chi connectivity index (χ3n) is 8.77. The van der Waals surface area contributed by atoms with Crippen LogP contribution in [0.25, 0.3) is 5.65 Å². The largest absolute Gasteiger partial charge is 0.491 e. The van der Waals surface area contributed by atoms with Gasteiger partial charge >= 0.3 is 5.97 Å². The Hall–Kier alpha value is -3.53. The molecule has 3 aliphatic rings. The molecule has 2 N–H and O–H groups in total. The van der Waals surface area contributed by atoms with Crippen molar-refractivity contribution in [3.05, 3.63) is 59.3 Å². The van der Waals surface area contributed by atoms with Gasteiger partial charge in [0.2, 0.25) is 5.82 Å². The molecule has 0 radical (unpaired) electrons. The third-order valence-corrected chi connectivity index (χ3v) is 8.77. The molecule has 2 aromatic heterocycles. The predicted octanol–water partition coefficient (Wildman–Crippen LogP) is 3.66. The molecular formula is C29H34FN5O4. The summed E-state index contributed by atoms with van der Waals surface area (Å²) in [5.41, 5.74) is 2.30. The third kappa shape index (κ3) is 5.22. The second-order valence-corrected chi connectivity index (χ2v) is 11.5. The highest BCUT2D eigenvalue weighted by Gasteiger charge is 2.60. The molecule has 0 spiro atoms. The number of piperidine rings is 1. The van der Waals surface area contributed by atoms with E-state index in [0.717, 1.165) is 49.9 Å². The van der Waals surface area contributed by atoms with Gasteiger partial charge in [0.25, 0.3) is 5.91 Å². The fourth-order valence-electron chi connectivity index (χ4n) is 6.48. The summed E-state index contributed by atoms with van der Waals surface area (Å²) in [6.07, 6.45) is 5.48. The number of aliphatic carboxylic acids is 1. The molecule has 3 atom stereocenters. The molecule has 3 heterocycles. The van der Waals surface area contributed by atoms with Crippen molar-refractivity contribution in [2.75, 3.05) is 19.7 Å². The number of hydrogen-bond donors (Lipinski definition) is 2. The number of fused-ring (bicyclic) bond motifs is 2. The minimum atomic E-state index is -0.647. The zero-order chi connectivity index (χ0) is 27.3. The van der Waals surface area contributed by atoms with Crippen LogP contribution in [0.15, 0.2) is 36.5 Å². The molecule has 3 aromatic rings. The number of hydrogen-bond acceptors (Lipinski definition) is 6. The van der Waals surface area contributed by atoms with E-state index in [9.17, 15) is 19.1 Å². The van der Waals surface area contributed by atoms with E-state index in [2.05, 4.69) is 20.3 Å². The molecule has 2 aliphatic carbocycles. The Morgan fingerprint density at radius 1 is 1.18 bits per heavy atom. The molecule has 1 amide bonds. The van der Waals surface area contributed by atoms with Gasteiger partial charge in [0.15, 0.2) is 5.65 Å². The van der Waals surface area contributed by atoms with Crippen LogP contribution in [0.1, 0.15) is 60.3 Å². The number of aromatic nitrogens is 3. The van der Waals surface area contributed by atoms with Crippen LogP contribution in [0.4, 0.5) is 4.39 Å². The van der Waals surface area contributed by atoms with Crippen molar-refractivity contribution in [2.45, 2.75) is 57.5 Å². The Bertz CT molecular complexity index is 1390. The van der Waals surface area contributed by atoms with Gasteiger partial charge in [-0.3, -0.25) is 14.5 Å². The number of ether oxygens (including phenoxy) is 1. The van der Waals surface area contributed by atoms with Crippen LogP contribution >= 0.6 is 0 Å². The number of carbonyl (C=O) groups excluding carboxylic acids is 1. The van der Waals surface area contributed by atoms with Crippen molar-refractivity contribution in [1.82, 2.24) is 24.8 Å². The van der Waals surface area contributed by atoms with E-state index in [1.807, 2.05) is 26.0 Å². The van der Waals surface area contributed by atoms with Gasteiger partial charge in [0, 0.05) is 31.1 Å². The van der Waals surface area contributed by atoms with E-state index in [1.165, 1.54) is 12.1 Å². The molecule has 10 heteroatoms. The van der Waals surface area contributed by atoms with Crippen LogP contribution in [0.5, 0.6) is 5.75 Å². The molecule has 39 heavy (non-hydrogen) atoms. The average molecular weight is 536 g/mol. The molecule has 0 bridgehead atoms. The molecular weight excluding hydrogens is 501 g/mol. The molecule has 1 aromatic carbocycles. The van der Waals surface area contributed by atoms with E-state index in [4.69, 9.17) is 4.74 Å². The Labute approximate surface area is 226 Å². The van der Waals surface area contributed by atoms with Crippen LogP contribution in [0.3, 0.4) is 0 Å². The fraction of sp³-hybridized carbons (Fsp3) is 0.517. The number of likely N-dealkylation sites (tertiary alicyclic amines) is 1. The van der Waals surface area contributed by atoms with Crippen molar-refractivity contribution >= 4 is 17.5 Å². The second kappa shape index (κ2) is 10.2. The van der Waals surface area contributed by atoms with Gasteiger partial charge in [-0.05, 0) is 73.8 Å². The van der Waals surface area contributed by atoms with Crippen LogP contribution < -0.4 is 10.1 Å². The van der Waals surface area contributed by atoms with Crippen molar-refractivity contribution < 1.29 is 23.8 Å². The van der Waals surface area contributed by atoms with Crippen molar-refractivity contribution in [3.63, 3.8) is 0 Å². The zero-order valence-corrected chi connectivity index (χ0v) is 22.2. The lowest BCUT2D eigenvalue weighted by Crippen LogP contribution is -2.44. The highest BCUT2D eigenvalue weighted by atomic mass is 19.1. The first-order chi connectivity index (χ1) is 18.8. The Kier molecular flexibility index (Phi) is 6.74. The number of benzene rings is 1. The van der Waals surface area contributed by atoms with Crippen LogP contribution in [0, 0.1) is 30.5 Å². The summed E-state index contributed by atoms with van der Waals surface area (Å²) >= 11 is 0. The molecule has 6 rings (SSSR count). The SMILES string of the molecule is Cc1cc(OC[C@H](C)c2cccc(F)c2)cn2nc(C(=O)NC3CCC(N4CC5C(C4)C5C(=O)O)CC3)nc12. The number of aryl methyl sites for hydroxylation is 1. The fourth-order valence-corrected chi connectivity index (χ4v) is 6.48. The topological polar surface area (TPSA) is 109 Å². The summed E-state index contributed by atoms with van der Waals surface area (Å²) in [4.78, 5) is 31.2. The number of amides is 1. The summed E-state index contributed by atoms with van der Waals surface area (Å²) in [6.45, 7) is 6.04. The van der Waals surface area contributed by atoms with Gasteiger partial charge in [-0.1, -0.05) is 19.1 Å². The number of carboxylic acid groups (broad SMARTS) is 1. The lowest BCUT2D eigenvalue weighted by atomic mass is 9.90. The maximum Gasteiger partial charge on any atom is 0.307 e. The van der Waals surface area contributed by atoms with Crippen LogP contribution in [-0.4, -0.2) is 68.3 Å². The molecule has 3 fully saturated rings. The highest BCUT2D eigenvalue weighted by molar-refractivity contribution is 5.91. The second-order valence-electron chi connectivity index (χ2n) is 11.5. The van der Waals surface area contributed by atoms with E-state index in [1.54, 1.807) is 16.8 Å². The van der Waals surface area contributed by atoms with Crippen LogP contribution in [0.2, 0.25) is 0 Å². The first-order valence-electron chi connectivity index (χ1n) is 13.8. The summed E-state index contributed by atoms with van der Waals surface area (Å²) in [6, 6.07) is 8.93. The first-order valence-corrected chi connectivity index (χ1v) is 13.8. The highest BCUT2D eigenvalue weighted by Crippen LogP contribution is 2.52. The maximum atomic E-state index is 13.6. The molecule has 1 aliphatic heterocycles. The number of halogens is 1. The standard InChI is InChI=1S/C29H34FN5O4/c1-16-10-22(39-15-17(2)18-4-3-5-19(30)11-18)12-35-27(16)32-26(33-35)28(36)31-20-6-8-21(9-7-20)34-13-23-24(14-34)25(23)29(37)38/h3-5,10-12,17,20-21,23-25H,6-9,13-15H2,1-2H3,(H,31,36)(H,37,38)/t17-,20?,21?,23?,24?,25?/m0/s1. The quantitative estimate of drug-likeness (QED) is 0.453.